The Bertz CT molecular complexity index is 1030. The monoisotopic (exact) mass is 734 g/mol. The van der Waals surface area contributed by atoms with Crippen LogP contribution in [-0.2, 0) is 32.7 Å². The fraction of sp³-hybridized carbons (Fsp3) is 0.778. The van der Waals surface area contributed by atoms with Gasteiger partial charge in [0.25, 0.3) is 0 Å². The first-order valence-electron chi connectivity index (χ1n) is 18.3. The van der Waals surface area contributed by atoms with Crippen molar-refractivity contribution in [3.63, 3.8) is 0 Å². The molecule has 0 aromatic heterocycles. The van der Waals surface area contributed by atoms with Crippen LogP contribution in [0.4, 0.5) is 0 Å². The molecule has 6 N–H and O–H groups in total. The topological polar surface area (TPSA) is 210 Å². The van der Waals surface area contributed by atoms with Crippen LogP contribution in [0.25, 0.3) is 0 Å². The average Bonchev–Trinajstić information content (AvgIpc) is 3.09. The Labute approximate surface area is 298 Å². The average molecular weight is 735 g/mol. The molecule has 14 heteroatoms. The fourth-order valence-electron chi connectivity index (χ4n) is 5.18. The van der Waals surface area contributed by atoms with Crippen LogP contribution in [0, 0.1) is 0 Å². The summed E-state index contributed by atoms with van der Waals surface area (Å²) in [6.07, 6.45) is 14.2. The second kappa shape index (κ2) is 27.7. The lowest BCUT2D eigenvalue weighted by Crippen LogP contribution is -2.64. The number of rotatable bonds is 28. The normalized spacial score (nSPS) is 24.6. The molecule has 0 saturated heterocycles. The van der Waals surface area contributed by atoms with Crippen LogP contribution >= 0.6 is 7.82 Å². The molecule has 1 rings (SSSR count). The maximum absolute atomic E-state index is 12.7. The molecule has 0 amide bonds. The highest BCUT2D eigenvalue weighted by Crippen LogP contribution is 2.47. The lowest BCUT2D eigenvalue weighted by molar-refractivity contribution is -0.220. The molecule has 0 aromatic carbocycles. The zero-order valence-corrected chi connectivity index (χ0v) is 30.8. The maximum atomic E-state index is 12.7. The zero-order valence-electron chi connectivity index (χ0n) is 29.9. The Balaban J connectivity index is 2.64. The first kappa shape index (κ1) is 46.1. The zero-order chi connectivity index (χ0) is 37.2. The van der Waals surface area contributed by atoms with Gasteiger partial charge in [-0.2, -0.15) is 0 Å². The van der Waals surface area contributed by atoms with E-state index in [2.05, 4.69) is 26.0 Å². The summed E-state index contributed by atoms with van der Waals surface area (Å²) in [4.78, 5) is 35.2. The minimum Gasteiger partial charge on any atom is -0.462 e. The first-order valence-corrected chi connectivity index (χ1v) is 19.8. The SMILES string of the molecule is CCCCCC/C=C/CCC(=O)OCC(COP(=O)(O)OC1C(O)C(O)C(O)[C@@H](O)C1O)OC(=O)CC/C=C/C/C=C/CCCCCCCC. The summed E-state index contributed by atoms with van der Waals surface area (Å²) in [6, 6.07) is 0. The number of phosphoric ester groups is 1. The van der Waals surface area contributed by atoms with Crippen LogP contribution in [0.5, 0.6) is 0 Å². The van der Waals surface area contributed by atoms with Gasteiger partial charge in [0.05, 0.1) is 6.61 Å². The molecule has 1 aliphatic carbocycles. The van der Waals surface area contributed by atoms with Gasteiger partial charge in [0.15, 0.2) is 6.10 Å². The van der Waals surface area contributed by atoms with Crippen molar-refractivity contribution >= 4 is 19.8 Å². The van der Waals surface area contributed by atoms with E-state index in [0.717, 1.165) is 38.5 Å². The Morgan fingerprint density at radius 1 is 0.620 bits per heavy atom. The summed E-state index contributed by atoms with van der Waals surface area (Å²) in [5, 5.41) is 49.8. The second-order valence-corrected chi connectivity index (χ2v) is 14.1. The van der Waals surface area contributed by atoms with Gasteiger partial charge in [-0.25, -0.2) is 4.57 Å². The summed E-state index contributed by atoms with van der Waals surface area (Å²) in [6.45, 7) is 3.09. The number of aliphatic hydroxyl groups excluding tert-OH is 5. The minimum absolute atomic E-state index is 0.0165. The summed E-state index contributed by atoms with van der Waals surface area (Å²) >= 11 is 0. The molecular weight excluding hydrogens is 671 g/mol. The Hall–Kier alpha value is -1.93. The van der Waals surface area contributed by atoms with E-state index < -0.39 is 75.7 Å². The van der Waals surface area contributed by atoms with Gasteiger partial charge in [-0.1, -0.05) is 102 Å². The Morgan fingerprint density at radius 2 is 1.08 bits per heavy atom. The summed E-state index contributed by atoms with van der Waals surface area (Å²) in [5.41, 5.74) is 0. The number of carbonyl (C=O) groups is 2. The molecule has 13 nitrogen and oxygen atoms in total. The first-order chi connectivity index (χ1) is 23.9. The number of carbonyl (C=O) groups excluding carboxylic acids is 2. The summed E-state index contributed by atoms with van der Waals surface area (Å²) < 4.78 is 33.1. The molecule has 0 spiro atoms. The van der Waals surface area contributed by atoms with E-state index in [1.165, 1.54) is 44.9 Å². The molecule has 290 valence electrons. The molecule has 8 atom stereocenters. The third-order valence-electron chi connectivity index (χ3n) is 8.23. The number of unbranched alkanes of at least 4 members (excludes halogenated alkanes) is 10. The van der Waals surface area contributed by atoms with E-state index >= 15 is 0 Å². The van der Waals surface area contributed by atoms with E-state index in [-0.39, 0.29) is 12.8 Å². The lowest BCUT2D eigenvalue weighted by atomic mass is 9.85. The minimum atomic E-state index is -5.12. The van der Waals surface area contributed by atoms with E-state index in [9.17, 15) is 44.6 Å². The Morgan fingerprint density at radius 3 is 1.68 bits per heavy atom. The van der Waals surface area contributed by atoms with Crippen molar-refractivity contribution in [1.29, 1.82) is 0 Å². The van der Waals surface area contributed by atoms with Gasteiger partial charge < -0.3 is 39.9 Å². The van der Waals surface area contributed by atoms with E-state index in [4.69, 9.17) is 18.5 Å². The van der Waals surface area contributed by atoms with Crippen molar-refractivity contribution in [2.45, 2.75) is 166 Å². The van der Waals surface area contributed by atoms with Crippen LogP contribution in [0.3, 0.4) is 0 Å². The van der Waals surface area contributed by atoms with Crippen LogP contribution in [-0.4, -0.2) is 98.3 Å². The van der Waals surface area contributed by atoms with Gasteiger partial charge >= 0.3 is 19.8 Å². The predicted octanol–water partition coefficient (Wildman–Crippen LogP) is 5.10. The molecule has 1 aliphatic rings. The third-order valence-corrected chi connectivity index (χ3v) is 9.22. The summed E-state index contributed by atoms with van der Waals surface area (Å²) in [7, 11) is -5.12. The van der Waals surface area contributed by atoms with Gasteiger partial charge in [0, 0.05) is 12.8 Å². The molecule has 1 fully saturated rings. The van der Waals surface area contributed by atoms with Crippen molar-refractivity contribution in [1.82, 2.24) is 0 Å². The van der Waals surface area contributed by atoms with Gasteiger partial charge in [0.2, 0.25) is 0 Å². The molecule has 0 heterocycles. The molecule has 50 heavy (non-hydrogen) atoms. The molecular formula is C36H63O13P. The number of phosphoric acid groups is 1. The van der Waals surface area contributed by atoms with Crippen LogP contribution in [0.2, 0.25) is 0 Å². The van der Waals surface area contributed by atoms with Crippen molar-refractivity contribution in [2.75, 3.05) is 13.2 Å². The smallest absolute Gasteiger partial charge is 0.462 e. The molecule has 1 saturated carbocycles. The van der Waals surface area contributed by atoms with Crippen molar-refractivity contribution in [3.05, 3.63) is 36.5 Å². The quantitative estimate of drug-likeness (QED) is 0.0268. The highest BCUT2D eigenvalue weighted by atomic mass is 31.2. The summed E-state index contributed by atoms with van der Waals surface area (Å²) in [5.74, 6) is -1.25. The standard InChI is InChI=1S/C36H63O13P/c1-3-5-7-9-11-13-14-15-16-17-19-21-23-25-30(38)48-28(26-46-29(37)24-22-20-18-12-10-8-6-4-2)27-47-50(44,45)49-36-34(42)32(40)31(39)33(41)35(36)43/h15-16,18-21,28,31-36,39-43H,3-14,17,22-27H2,1-2H3,(H,44,45)/b16-15+,20-18+,21-19+/t28?,31?,32-,33?,34?,35?,36?/m1/s1. The molecule has 0 aliphatic heterocycles. The number of esters is 2. The fourth-order valence-corrected chi connectivity index (χ4v) is 6.15. The van der Waals surface area contributed by atoms with E-state index in [0.29, 0.717) is 12.8 Å². The Kier molecular flexibility index (Phi) is 25.5. The molecule has 0 bridgehead atoms. The lowest BCUT2D eigenvalue weighted by Gasteiger charge is -2.41. The largest absolute Gasteiger partial charge is 0.472 e. The van der Waals surface area contributed by atoms with Crippen LogP contribution in [0.15, 0.2) is 36.5 Å². The molecule has 0 aromatic rings. The van der Waals surface area contributed by atoms with Crippen LogP contribution in [0.1, 0.15) is 123 Å². The number of hydrogen-bond donors (Lipinski definition) is 6. The van der Waals surface area contributed by atoms with E-state index in [1.54, 1.807) is 0 Å². The van der Waals surface area contributed by atoms with Gasteiger partial charge in [-0.3, -0.25) is 18.6 Å². The molecule has 7 unspecified atom stereocenters. The van der Waals surface area contributed by atoms with Crippen LogP contribution < -0.4 is 0 Å². The number of ether oxygens (including phenoxy) is 2. The molecule has 0 radical (unpaired) electrons. The van der Waals surface area contributed by atoms with Crippen molar-refractivity contribution in [2.24, 2.45) is 0 Å². The van der Waals surface area contributed by atoms with Crippen molar-refractivity contribution in [3.8, 4) is 0 Å². The second-order valence-electron chi connectivity index (χ2n) is 12.7. The number of aliphatic hydroxyl groups is 5. The van der Waals surface area contributed by atoms with E-state index in [1.807, 2.05) is 24.3 Å². The third kappa shape index (κ3) is 20.8. The van der Waals surface area contributed by atoms with Gasteiger partial charge in [-0.05, 0) is 44.9 Å². The number of hydrogen-bond acceptors (Lipinski definition) is 12. The predicted molar refractivity (Wildman–Crippen MR) is 189 cm³/mol. The van der Waals surface area contributed by atoms with Gasteiger partial charge in [0.1, 0.15) is 43.2 Å². The highest BCUT2D eigenvalue weighted by molar-refractivity contribution is 7.47. The van der Waals surface area contributed by atoms with Gasteiger partial charge in [-0.15, -0.1) is 0 Å². The number of allylic oxidation sites excluding steroid dienone is 6. The van der Waals surface area contributed by atoms with Crippen molar-refractivity contribution < 1.29 is 63.1 Å². The maximum Gasteiger partial charge on any atom is 0.472 e. The highest BCUT2D eigenvalue weighted by Gasteiger charge is 2.51.